The van der Waals surface area contributed by atoms with Crippen LogP contribution in [0.3, 0.4) is 0 Å². The summed E-state index contributed by atoms with van der Waals surface area (Å²) in [6.45, 7) is 15.0. The monoisotopic (exact) mass is 245 g/mol. The van der Waals surface area contributed by atoms with Crippen molar-refractivity contribution in [2.45, 2.75) is 72.1 Å². The maximum absolute atomic E-state index is 5.69. The third-order valence-electron chi connectivity index (χ3n) is 2.70. The Bertz CT molecular complexity index is 174. The van der Waals surface area contributed by atoms with Crippen molar-refractivity contribution in [1.29, 1.82) is 0 Å². The molecule has 0 saturated heterocycles. The van der Waals surface area contributed by atoms with Crippen molar-refractivity contribution in [3.63, 3.8) is 0 Å². The Hall–Kier alpha value is -0.120. The zero-order chi connectivity index (χ0) is 13.3. The Balaban J connectivity index is 3.49. The number of nitrogens with one attached hydrogen (secondary N) is 1. The minimum absolute atomic E-state index is 0.0691. The molecule has 0 spiro atoms. The SMILES string of the molecule is CCC(CC)NCC(C)OCCOC(C)(C)C. The van der Waals surface area contributed by atoms with Crippen LogP contribution in [0.1, 0.15) is 54.4 Å². The van der Waals surface area contributed by atoms with Crippen LogP contribution in [0.5, 0.6) is 0 Å². The third-order valence-corrected chi connectivity index (χ3v) is 2.70. The van der Waals surface area contributed by atoms with E-state index in [2.05, 4.69) is 46.9 Å². The Morgan fingerprint density at radius 3 is 2.12 bits per heavy atom. The van der Waals surface area contributed by atoms with Gasteiger partial charge in [0.2, 0.25) is 0 Å². The van der Waals surface area contributed by atoms with Crippen molar-refractivity contribution in [3.8, 4) is 0 Å². The van der Waals surface area contributed by atoms with Gasteiger partial charge in [-0.05, 0) is 40.5 Å². The summed E-state index contributed by atoms with van der Waals surface area (Å²) in [5.41, 5.74) is -0.0691. The molecule has 0 aliphatic heterocycles. The number of rotatable bonds is 9. The molecule has 0 rings (SSSR count). The maximum Gasteiger partial charge on any atom is 0.0707 e. The molecule has 0 aliphatic carbocycles. The van der Waals surface area contributed by atoms with E-state index < -0.39 is 0 Å². The van der Waals surface area contributed by atoms with E-state index in [-0.39, 0.29) is 11.7 Å². The maximum atomic E-state index is 5.69. The van der Waals surface area contributed by atoms with E-state index in [1.165, 1.54) is 12.8 Å². The van der Waals surface area contributed by atoms with E-state index in [1.54, 1.807) is 0 Å². The van der Waals surface area contributed by atoms with Crippen molar-refractivity contribution in [2.24, 2.45) is 0 Å². The summed E-state index contributed by atoms with van der Waals surface area (Å²) in [6, 6.07) is 0.617. The van der Waals surface area contributed by atoms with E-state index in [0.717, 1.165) is 6.54 Å². The van der Waals surface area contributed by atoms with Crippen molar-refractivity contribution in [2.75, 3.05) is 19.8 Å². The summed E-state index contributed by atoms with van der Waals surface area (Å²) < 4.78 is 11.3. The van der Waals surface area contributed by atoms with E-state index in [9.17, 15) is 0 Å². The van der Waals surface area contributed by atoms with Gasteiger partial charge in [-0.25, -0.2) is 0 Å². The molecule has 0 amide bonds. The van der Waals surface area contributed by atoms with Crippen LogP contribution in [0.4, 0.5) is 0 Å². The molecule has 0 fully saturated rings. The minimum Gasteiger partial charge on any atom is -0.375 e. The first-order chi connectivity index (χ1) is 7.89. The highest BCUT2D eigenvalue weighted by molar-refractivity contribution is 4.65. The van der Waals surface area contributed by atoms with E-state index >= 15 is 0 Å². The molecule has 0 aromatic heterocycles. The highest BCUT2D eigenvalue weighted by Gasteiger charge is 2.10. The molecule has 0 aliphatic rings. The predicted molar refractivity (Wildman–Crippen MR) is 73.5 cm³/mol. The lowest BCUT2D eigenvalue weighted by molar-refractivity contribution is -0.0483. The second-order valence-corrected chi connectivity index (χ2v) is 5.56. The van der Waals surface area contributed by atoms with Gasteiger partial charge < -0.3 is 14.8 Å². The standard InChI is InChI=1S/C14H31NO2/c1-7-13(8-2)15-11-12(3)16-9-10-17-14(4,5)6/h12-13,15H,7-11H2,1-6H3. The molecule has 0 aromatic carbocycles. The number of hydrogen-bond donors (Lipinski definition) is 1. The summed E-state index contributed by atoms with van der Waals surface area (Å²) >= 11 is 0. The second-order valence-electron chi connectivity index (χ2n) is 5.56. The second kappa shape index (κ2) is 8.90. The minimum atomic E-state index is -0.0691. The molecule has 3 heteroatoms. The predicted octanol–water partition coefficient (Wildman–Crippen LogP) is 2.98. The molecule has 0 heterocycles. The fourth-order valence-electron chi connectivity index (χ4n) is 1.57. The van der Waals surface area contributed by atoms with Crippen LogP contribution in [0, 0.1) is 0 Å². The molecule has 1 N–H and O–H groups in total. The fraction of sp³-hybridized carbons (Fsp3) is 1.00. The Morgan fingerprint density at radius 2 is 1.65 bits per heavy atom. The van der Waals surface area contributed by atoms with E-state index in [4.69, 9.17) is 9.47 Å². The summed E-state index contributed by atoms with van der Waals surface area (Å²) in [4.78, 5) is 0. The molecule has 17 heavy (non-hydrogen) atoms. The van der Waals surface area contributed by atoms with Gasteiger partial charge in [0.1, 0.15) is 0 Å². The topological polar surface area (TPSA) is 30.5 Å². The van der Waals surface area contributed by atoms with Gasteiger partial charge in [-0.3, -0.25) is 0 Å². The quantitative estimate of drug-likeness (QED) is 0.633. The summed E-state index contributed by atoms with van der Waals surface area (Å²) in [6.07, 6.45) is 2.60. The van der Waals surface area contributed by atoms with Gasteiger partial charge in [-0.15, -0.1) is 0 Å². The molecule has 3 nitrogen and oxygen atoms in total. The molecular formula is C14H31NO2. The summed E-state index contributed by atoms with van der Waals surface area (Å²) in [7, 11) is 0. The van der Waals surface area contributed by atoms with E-state index in [0.29, 0.717) is 19.3 Å². The van der Waals surface area contributed by atoms with Crippen LogP contribution in [-0.2, 0) is 9.47 Å². The molecule has 0 bridgehead atoms. The largest absolute Gasteiger partial charge is 0.375 e. The van der Waals surface area contributed by atoms with Gasteiger partial charge in [0.25, 0.3) is 0 Å². The van der Waals surface area contributed by atoms with Crippen molar-refractivity contribution >= 4 is 0 Å². The van der Waals surface area contributed by atoms with Crippen molar-refractivity contribution in [1.82, 2.24) is 5.32 Å². The first kappa shape index (κ1) is 16.9. The van der Waals surface area contributed by atoms with Gasteiger partial charge in [0, 0.05) is 12.6 Å². The van der Waals surface area contributed by atoms with Crippen LogP contribution < -0.4 is 5.32 Å². The highest BCUT2D eigenvalue weighted by Crippen LogP contribution is 2.06. The Kier molecular flexibility index (Phi) is 8.83. The molecule has 1 unspecified atom stereocenters. The first-order valence-corrected chi connectivity index (χ1v) is 6.88. The highest BCUT2D eigenvalue weighted by atomic mass is 16.5. The van der Waals surface area contributed by atoms with Crippen LogP contribution in [0.25, 0.3) is 0 Å². The van der Waals surface area contributed by atoms with Crippen LogP contribution >= 0.6 is 0 Å². The van der Waals surface area contributed by atoms with E-state index in [1.807, 2.05) is 0 Å². The third kappa shape index (κ3) is 10.7. The van der Waals surface area contributed by atoms with Crippen molar-refractivity contribution in [3.05, 3.63) is 0 Å². The van der Waals surface area contributed by atoms with Gasteiger partial charge >= 0.3 is 0 Å². The lowest BCUT2D eigenvalue weighted by Crippen LogP contribution is -2.35. The molecule has 0 saturated carbocycles. The molecule has 0 aromatic rings. The lowest BCUT2D eigenvalue weighted by atomic mass is 10.1. The number of ether oxygens (including phenoxy) is 2. The summed E-state index contributed by atoms with van der Waals surface area (Å²) in [5.74, 6) is 0. The molecular weight excluding hydrogens is 214 g/mol. The van der Waals surface area contributed by atoms with Crippen molar-refractivity contribution < 1.29 is 9.47 Å². The average Bonchev–Trinajstić information content (AvgIpc) is 2.24. The number of hydrogen-bond acceptors (Lipinski definition) is 3. The average molecular weight is 245 g/mol. The van der Waals surface area contributed by atoms with Crippen LogP contribution in [-0.4, -0.2) is 37.5 Å². The normalized spacial score (nSPS) is 14.3. The lowest BCUT2D eigenvalue weighted by Gasteiger charge is -2.22. The molecule has 0 radical (unpaired) electrons. The Morgan fingerprint density at radius 1 is 1.06 bits per heavy atom. The summed E-state index contributed by atoms with van der Waals surface area (Å²) in [5, 5.41) is 3.51. The van der Waals surface area contributed by atoms with Crippen LogP contribution in [0.2, 0.25) is 0 Å². The molecule has 104 valence electrons. The van der Waals surface area contributed by atoms with Crippen LogP contribution in [0.15, 0.2) is 0 Å². The van der Waals surface area contributed by atoms with Gasteiger partial charge in [0.05, 0.1) is 24.9 Å². The zero-order valence-corrected chi connectivity index (χ0v) is 12.5. The smallest absolute Gasteiger partial charge is 0.0707 e. The first-order valence-electron chi connectivity index (χ1n) is 6.88. The van der Waals surface area contributed by atoms with Gasteiger partial charge in [-0.2, -0.15) is 0 Å². The van der Waals surface area contributed by atoms with Gasteiger partial charge in [0.15, 0.2) is 0 Å². The van der Waals surface area contributed by atoms with Gasteiger partial charge in [-0.1, -0.05) is 13.8 Å². The zero-order valence-electron chi connectivity index (χ0n) is 12.5. The molecule has 1 atom stereocenters. The fourth-order valence-corrected chi connectivity index (χ4v) is 1.57. The Labute approximate surface area is 107 Å².